The van der Waals surface area contributed by atoms with Crippen molar-refractivity contribution in [1.82, 2.24) is 9.80 Å². The van der Waals surface area contributed by atoms with Crippen LogP contribution >= 0.6 is 0 Å². The molecule has 190 valence electrons. The Kier molecular flexibility index (Phi) is 8.87. The standard InChI is InChI=1S/C33H36N2O2/c1-4-12-28(13-5-1)26-35-24-22-34(23-25-35)21-20-31(30-16-8-3-9-17-30)37-33-19-11-10-18-32(33)36-27-29-14-6-2-7-15-29/h1-19,31H,20-27H2. The number of ether oxygens (including phenoxy) is 2. The highest BCUT2D eigenvalue weighted by molar-refractivity contribution is 5.40. The molecule has 1 fully saturated rings. The first-order valence-corrected chi connectivity index (χ1v) is 13.3. The molecule has 0 aliphatic carbocycles. The van der Waals surface area contributed by atoms with Crippen molar-refractivity contribution in [2.75, 3.05) is 32.7 Å². The van der Waals surface area contributed by atoms with Crippen molar-refractivity contribution >= 4 is 0 Å². The number of hydrogen-bond donors (Lipinski definition) is 0. The summed E-state index contributed by atoms with van der Waals surface area (Å²) in [5, 5.41) is 0. The summed E-state index contributed by atoms with van der Waals surface area (Å²) < 4.78 is 12.8. The minimum Gasteiger partial charge on any atom is -0.485 e. The third kappa shape index (κ3) is 7.45. The maximum Gasteiger partial charge on any atom is 0.162 e. The average molecular weight is 493 g/mol. The van der Waals surface area contributed by atoms with E-state index in [0.717, 1.165) is 62.8 Å². The lowest BCUT2D eigenvalue weighted by molar-refractivity contribution is 0.105. The number of piperazine rings is 1. The van der Waals surface area contributed by atoms with Crippen LogP contribution < -0.4 is 9.47 Å². The van der Waals surface area contributed by atoms with Gasteiger partial charge in [-0.3, -0.25) is 4.90 Å². The topological polar surface area (TPSA) is 24.9 Å². The summed E-state index contributed by atoms with van der Waals surface area (Å²) >= 11 is 0. The molecule has 0 spiro atoms. The van der Waals surface area contributed by atoms with Crippen molar-refractivity contribution in [3.05, 3.63) is 132 Å². The van der Waals surface area contributed by atoms with Crippen molar-refractivity contribution in [2.24, 2.45) is 0 Å². The van der Waals surface area contributed by atoms with Crippen LogP contribution in [0.2, 0.25) is 0 Å². The van der Waals surface area contributed by atoms with Crippen LogP contribution in [0.1, 0.15) is 29.2 Å². The van der Waals surface area contributed by atoms with Gasteiger partial charge in [0.2, 0.25) is 0 Å². The Balaban J connectivity index is 1.19. The maximum absolute atomic E-state index is 6.65. The second kappa shape index (κ2) is 13.1. The molecular formula is C33H36N2O2. The second-order valence-corrected chi connectivity index (χ2v) is 9.63. The molecule has 1 saturated heterocycles. The largest absolute Gasteiger partial charge is 0.485 e. The molecule has 1 aliphatic heterocycles. The van der Waals surface area contributed by atoms with E-state index in [2.05, 4.69) is 82.6 Å². The summed E-state index contributed by atoms with van der Waals surface area (Å²) in [4.78, 5) is 5.12. The Hall–Kier alpha value is -3.60. The maximum atomic E-state index is 6.65. The smallest absolute Gasteiger partial charge is 0.162 e. The molecule has 0 bridgehead atoms. The lowest BCUT2D eigenvalue weighted by atomic mass is 10.1. The molecule has 4 aromatic carbocycles. The number of hydrogen-bond acceptors (Lipinski definition) is 4. The van der Waals surface area contributed by atoms with E-state index in [1.165, 1.54) is 11.1 Å². The van der Waals surface area contributed by atoms with Gasteiger partial charge in [-0.2, -0.15) is 0 Å². The Labute approximate surface area is 221 Å². The summed E-state index contributed by atoms with van der Waals surface area (Å²) in [6.07, 6.45) is 0.889. The predicted octanol–water partition coefficient (Wildman–Crippen LogP) is 6.59. The lowest BCUT2D eigenvalue weighted by Crippen LogP contribution is -2.46. The monoisotopic (exact) mass is 492 g/mol. The van der Waals surface area contributed by atoms with Crippen LogP contribution in [0.5, 0.6) is 11.5 Å². The van der Waals surface area contributed by atoms with Gasteiger partial charge in [0.25, 0.3) is 0 Å². The van der Waals surface area contributed by atoms with Gasteiger partial charge in [-0.1, -0.05) is 103 Å². The molecule has 1 unspecified atom stereocenters. The van der Waals surface area contributed by atoms with Gasteiger partial charge in [-0.25, -0.2) is 0 Å². The zero-order valence-corrected chi connectivity index (χ0v) is 21.4. The van der Waals surface area contributed by atoms with E-state index in [9.17, 15) is 0 Å². The highest BCUT2D eigenvalue weighted by Gasteiger charge is 2.21. The van der Waals surface area contributed by atoms with Crippen LogP contribution in [0.25, 0.3) is 0 Å². The third-order valence-electron chi connectivity index (χ3n) is 6.95. The SMILES string of the molecule is c1ccc(COc2ccccc2OC(CCN2CCN(Cc3ccccc3)CC2)c2ccccc2)cc1. The normalized spacial score (nSPS) is 15.2. The fraction of sp³-hybridized carbons (Fsp3) is 0.273. The number of benzene rings is 4. The molecule has 37 heavy (non-hydrogen) atoms. The Morgan fingerprint density at radius 1 is 0.568 bits per heavy atom. The van der Waals surface area contributed by atoms with E-state index in [1.807, 2.05) is 42.5 Å². The molecule has 5 rings (SSSR count). The van der Waals surface area contributed by atoms with Crippen LogP contribution in [0, 0.1) is 0 Å². The highest BCUT2D eigenvalue weighted by Crippen LogP contribution is 2.33. The van der Waals surface area contributed by atoms with Crippen LogP contribution in [0.15, 0.2) is 115 Å². The van der Waals surface area contributed by atoms with E-state index in [0.29, 0.717) is 6.61 Å². The summed E-state index contributed by atoms with van der Waals surface area (Å²) in [6.45, 7) is 6.93. The van der Waals surface area contributed by atoms with Crippen LogP contribution in [0.3, 0.4) is 0 Å². The van der Waals surface area contributed by atoms with Gasteiger partial charge in [-0.15, -0.1) is 0 Å². The minimum atomic E-state index is -0.0370. The summed E-state index contributed by atoms with van der Waals surface area (Å²) in [5.74, 6) is 1.57. The molecule has 0 radical (unpaired) electrons. The van der Waals surface area contributed by atoms with Gasteiger partial charge in [-0.05, 0) is 28.8 Å². The number of para-hydroxylation sites is 2. The van der Waals surface area contributed by atoms with E-state index in [1.54, 1.807) is 0 Å². The fourth-order valence-corrected chi connectivity index (χ4v) is 4.83. The first kappa shape index (κ1) is 25.1. The molecule has 0 aromatic heterocycles. The zero-order valence-electron chi connectivity index (χ0n) is 21.4. The molecule has 0 amide bonds. The van der Waals surface area contributed by atoms with Crippen LogP contribution in [-0.4, -0.2) is 42.5 Å². The summed E-state index contributed by atoms with van der Waals surface area (Å²) in [6, 6.07) is 39.6. The van der Waals surface area contributed by atoms with Crippen molar-refractivity contribution in [3.63, 3.8) is 0 Å². The van der Waals surface area contributed by atoms with E-state index in [4.69, 9.17) is 9.47 Å². The first-order valence-electron chi connectivity index (χ1n) is 13.3. The van der Waals surface area contributed by atoms with Crippen molar-refractivity contribution < 1.29 is 9.47 Å². The van der Waals surface area contributed by atoms with Gasteiger partial charge in [0, 0.05) is 45.7 Å². The molecule has 1 aliphatic rings. The second-order valence-electron chi connectivity index (χ2n) is 9.63. The zero-order chi connectivity index (χ0) is 25.1. The summed E-state index contributed by atoms with van der Waals surface area (Å²) in [7, 11) is 0. The van der Waals surface area contributed by atoms with Crippen LogP contribution in [-0.2, 0) is 13.2 Å². The quantitative estimate of drug-likeness (QED) is 0.236. The van der Waals surface area contributed by atoms with Crippen molar-refractivity contribution in [3.8, 4) is 11.5 Å². The summed E-state index contributed by atoms with van der Waals surface area (Å²) in [5.41, 5.74) is 3.73. The Morgan fingerprint density at radius 2 is 1.11 bits per heavy atom. The van der Waals surface area contributed by atoms with Crippen molar-refractivity contribution in [2.45, 2.75) is 25.7 Å². The average Bonchev–Trinajstić information content (AvgIpc) is 2.97. The van der Waals surface area contributed by atoms with Gasteiger partial charge < -0.3 is 14.4 Å². The lowest BCUT2D eigenvalue weighted by Gasteiger charge is -2.35. The third-order valence-corrected chi connectivity index (χ3v) is 6.95. The van der Waals surface area contributed by atoms with Gasteiger partial charge in [0.05, 0.1) is 0 Å². The van der Waals surface area contributed by atoms with Crippen molar-refractivity contribution in [1.29, 1.82) is 0 Å². The Bertz CT molecular complexity index is 1190. The van der Waals surface area contributed by atoms with E-state index < -0.39 is 0 Å². The van der Waals surface area contributed by atoms with Gasteiger partial charge in [0.15, 0.2) is 11.5 Å². The van der Waals surface area contributed by atoms with E-state index in [-0.39, 0.29) is 6.10 Å². The minimum absolute atomic E-state index is 0.0370. The first-order chi connectivity index (χ1) is 18.3. The van der Waals surface area contributed by atoms with Gasteiger partial charge >= 0.3 is 0 Å². The molecule has 1 heterocycles. The molecular weight excluding hydrogens is 456 g/mol. The number of nitrogens with zero attached hydrogens (tertiary/aromatic N) is 2. The predicted molar refractivity (Wildman–Crippen MR) is 150 cm³/mol. The molecule has 4 aromatic rings. The molecule has 4 nitrogen and oxygen atoms in total. The molecule has 0 N–H and O–H groups in total. The Morgan fingerprint density at radius 3 is 1.78 bits per heavy atom. The van der Waals surface area contributed by atoms with E-state index >= 15 is 0 Å². The molecule has 4 heteroatoms. The van der Waals surface area contributed by atoms with Gasteiger partial charge in [0.1, 0.15) is 12.7 Å². The number of rotatable bonds is 11. The highest BCUT2D eigenvalue weighted by atomic mass is 16.5. The molecule has 1 atom stereocenters. The fourth-order valence-electron chi connectivity index (χ4n) is 4.83. The van der Waals surface area contributed by atoms with Crippen LogP contribution in [0.4, 0.5) is 0 Å². The molecule has 0 saturated carbocycles.